The van der Waals surface area contributed by atoms with Gasteiger partial charge in [0.25, 0.3) is 0 Å². The van der Waals surface area contributed by atoms with Crippen molar-refractivity contribution in [2.24, 2.45) is 0 Å². The summed E-state index contributed by atoms with van der Waals surface area (Å²) < 4.78 is 49.6. The van der Waals surface area contributed by atoms with Gasteiger partial charge in [-0.15, -0.1) is 0 Å². The number of ether oxygens (including phenoxy) is 2. The zero-order valence-corrected chi connectivity index (χ0v) is 21.8. The smallest absolute Gasteiger partial charge is 0.394 e. The van der Waals surface area contributed by atoms with Crippen LogP contribution in [0.15, 0.2) is 12.7 Å². The first-order valence-corrected chi connectivity index (χ1v) is 14.3. The van der Waals surface area contributed by atoms with Crippen molar-refractivity contribution in [1.29, 1.82) is 0 Å². The summed E-state index contributed by atoms with van der Waals surface area (Å²) in [4.78, 5) is 31.6. The van der Waals surface area contributed by atoms with Gasteiger partial charge in [-0.2, -0.15) is 4.31 Å². The average molecular weight is 619 g/mol. The minimum Gasteiger partial charge on any atom is -0.394 e. The summed E-state index contributed by atoms with van der Waals surface area (Å²) >= 11 is 0. The van der Waals surface area contributed by atoms with Gasteiger partial charge in [-0.1, -0.05) is 0 Å². The van der Waals surface area contributed by atoms with Crippen LogP contribution in [0.25, 0.3) is 11.2 Å². The summed E-state index contributed by atoms with van der Waals surface area (Å²) in [6.07, 6.45) is -16.0. The van der Waals surface area contributed by atoms with E-state index in [0.717, 1.165) is 6.33 Å². The number of nitrogens with zero attached hydrogens (tertiary/aromatic N) is 4. The molecule has 4 rings (SSSR count). The van der Waals surface area contributed by atoms with Gasteiger partial charge in [0, 0.05) is 0 Å². The number of rotatable bonds is 10. The molecule has 11 N–H and O–H groups in total. The second kappa shape index (κ2) is 11.9. The average Bonchev–Trinajstić information content (AvgIpc) is 3.43. The normalized spacial score (nSPS) is 36.8. The second-order valence-electron chi connectivity index (χ2n) is 8.74. The van der Waals surface area contributed by atoms with E-state index in [0.29, 0.717) is 0 Å². The van der Waals surface area contributed by atoms with E-state index in [9.17, 15) is 49.6 Å². The zero-order valence-electron chi connectivity index (χ0n) is 20.0. The molecule has 12 atom stereocenters. The molecule has 0 aromatic carbocycles. The minimum atomic E-state index is -5.65. The van der Waals surface area contributed by atoms with E-state index in [-0.39, 0.29) is 17.0 Å². The first-order valence-electron chi connectivity index (χ1n) is 11.3. The lowest BCUT2D eigenvalue weighted by Crippen LogP contribution is -2.61. The quantitative estimate of drug-likeness (QED) is 0.112. The fourth-order valence-electron chi connectivity index (χ4n) is 4.01. The Labute approximate surface area is 223 Å². The molecule has 2 saturated heterocycles. The molecule has 0 aliphatic carbocycles. The molecule has 2 unspecified atom stereocenters. The summed E-state index contributed by atoms with van der Waals surface area (Å²) in [7, 11) is -11.2. The maximum atomic E-state index is 12.3. The third kappa shape index (κ3) is 6.35. The number of phosphoric acid groups is 2. The highest BCUT2D eigenvalue weighted by atomic mass is 31.3. The number of aromatic nitrogens is 4. The van der Waals surface area contributed by atoms with Gasteiger partial charge in [0.05, 0.1) is 19.5 Å². The monoisotopic (exact) mass is 619 g/mol. The maximum Gasteiger partial charge on any atom is 0.483 e. The van der Waals surface area contributed by atoms with Crippen molar-refractivity contribution in [3.8, 4) is 0 Å². The van der Waals surface area contributed by atoms with E-state index >= 15 is 0 Å². The molecule has 0 spiro atoms. The van der Waals surface area contributed by atoms with E-state index in [2.05, 4.69) is 28.3 Å². The number of hydrogen-bond donors (Lipinski definition) is 10. The largest absolute Gasteiger partial charge is 0.483 e. The van der Waals surface area contributed by atoms with Gasteiger partial charge >= 0.3 is 15.6 Å². The molecular formula is C17H27N5O16P2. The predicted octanol–water partition coefficient (Wildman–Crippen LogP) is -4.56. The van der Waals surface area contributed by atoms with Crippen molar-refractivity contribution in [2.45, 2.75) is 61.3 Å². The third-order valence-electron chi connectivity index (χ3n) is 6.02. The van der Waals surface area contributed by atoms with Crippen LogP contribution in [-0.4, -0.2) is 133 Å². The Morgan fingerprint density at radius 3 is 2.35 bits per heavy atom. The zero-order chi connectivity index (χ0) is 29.6. The molecule has 4 heterocycles. The van der Waals surface area contributed by atoms with Crippen molar-refractivity contribution >= 4 is 32.6 Å². The Kier molecular flexibility index (Phi) is 9.25. The van der Waals surface area contributed by atoms with E-state index in [1.165, 1.54) is 10.9 Å². The summed E-state index contributed by atoms with van der Waals surface area (Å²) in [5.74, 6) is 0.0302. The predicted molar refractivity (Wildman–Crippen MR) is 123 cm³/mol. The number of anilines is 1. The van der Waals surface area contributed by atoms with E-state index in [1.54, 1.807) is 0 Å². The molecule has 2 fully saturated rings. The van der Waals surface area contributed by atoms with Crippen molar-refractivity contribution in [2.75, 3.05) is 18.9 Å². The molecule has 0 saturated carbocycles. The van der Waals surface area contributed by atoms with Gasteiger partial charge in [0.15, 0.2) is 24.0 Å². The number of nitrogen functional groups attached to an aromatic ring is 1. The van der Waals surface area contributed by atoms with Crippen LogP contribution in [0.5, 0.6) is 0 Å². The lowest BCUT2D eigenvalue weighted by molar-refractivity contribution is -0.292. The summed E-state index contributed by atoms with van der Waals surface area (Å²) in [6, 6.07) is 0. The molecule has 0 radical (unpaired) electrons. The minimum absolute atomic E-state index is 0.0302. The molecule has 2 aliphatic rings. The number of nitrogens with two attached hydrogens (primary N) is 1. The maximum absolute atomic E-state index is 12.3. The van der Waals surface area contributed by atoms with Gasteiger partial charge in [-0.3, -0.25) is 13.6 Å². The molecule has 21 nitrogen and oxygen atoms in total. The van der Waals surface area contributed by atoms with Crippen molar-refractivity contribution in [3.63, 3.8) is 0 Å². The molecule has 2 aromatic rings. The molecular weight excluding hydrogens is 592 g/mol. The topological polar surface area (TPSA) is 332 Å². The Morgan fingerprint density at radius 2 is 1.68 bits per heavy atom. The number of fused-ring (bicyclic) bond motifs is 1. The Bertz CT molecular complexity index is 1290. The lowest BCUT2D eigenvalue weighted by atomic mass is 9.96. The number of aliphatic hydroxyl groups excluding tert-OH is 7. The SMILES string of the molecule is Nc1ncnc2c1ncn2[C@H]1O[C@@H](COP(=O)(O)OP(=O)(O)O[C@@H]2O[C@@H]([C@H](O)CO)[C@@H](O)[C@H](O)[C@H]2O)[C@@H](O)[C@H]1O. The van der Waals surface area contributed by atoms with Gasteiger partial charge in [-0.05, 0) is 0 Å². The molecule has 23 heteroatoms. The first kappa shape index (κ1) is 31.2. The van der Waals surface area contributed by atoms with Crippen LogP contribution in [0, 0.1) is 0 Å². The van der Waals surface area contributed by atoms with Gasteiger partial charge in [0.1, 0.15) is 60.7 Å². The molecule has 0 amide bonds. The van der Waals surface area contributed by atoms with Crippen LogP contribution in [0.3, 0.4) is 0 Å². The summed E-state index contributed by atoms with van der Waals surface area (Å²) in [5.41, 5.74) is 6.03. The van der Waals surface area contributed by atoms with Crippen LogP contribution in [0.4, 0.5) is 5.82 Å². The standard InChI is InChI=1S/C17H27N5O16P2/c18-14-7-15(20-3-19-14)22(4-21-7)16-11(28)8(25)6(35-16)2-34-39(30,31)38-40(32,33)37-17-12(29)9(26)10(27)13(36-17)5(24)1-23/h3-6,8-13,16-17,23-29H,1-2H2,(H,30,31)(H,32,33)(H2,18,19,20)/t5-,6+,8-,9+,10+,11-,12-,13+,16+,17+/m1/s1. The first-order chi connectivity index (χ1) is 18.7. The van der Waals surface area contributed by atoms with Crippen LogP contribution >= 0.6 is 15.6 Å². The van der Waals surface area contributed by atoms with E-state index in [4.69, 9.17) is 20.3 Å². The van der Waals surface area contributed by atoms with Crippen molar-refractivity contribution in [1.82, 2.24) is 19.5 Å². The van der Waals surface area contributed by atoms with Gasteiger partial charge in [-0.25, -0.2) is 24.1 Å². The Balaban J connectivity index is 1.38. The Morgan fingerprint density at radius 1 is 0.975 bits per heavy atom. The lowest BCUT2D eigenvalue weighted by Gasteiger charge is -2.41. The van der Waals surface area contributed by atoms with Crippen molar-refractivity contribution < 1.29 is 77.5 Å². The Hall–Kier alpha value is -1.75. The second-order valence-corrected chi connectivity index (χ2v) is 11.7. The molecule has 2 aliphatic heterocycles. The summed E-state index contributed by atoms with van der Waals surface area (Å²) in [6.45, 7) is -1.95. The number of imidazole rings is 1. The fourth-order valence-corrected chi connectivity index (χ4v) is 6.17. The third-order valence-corrected chi connectivity index (χ3v) is 8.62. The molecule has 2 aromatic heterocycles. The molecule has 0 bridgehead atoms. The molecule has 40 heavy (non-hydrogen) atoms. The van der Waals surface area contributed by atoms with Crippen LogP contribution in [0.2, 0.25) is 0 Å². The number of phosphoric ester groups is 2. The number of aliphatic hydroxyl groups is 7. The van der Waals surface area contributed by atoms with Crippen LogP contribution < -0.4 is 5.73 Å². The molecule has 226 valence electrons. The summed E-state index contributed by atoms with van der Waals surface area (Å²) in [5, 5.41) is 69.3. The van der Waals surface area contributed by atoms with Crippen molar-refractivity contribution in [3.05, 3.63) is 12.7 Å². The highest BCUT2D eigenvalue weighted by molar-refractivity contribution is 7.61. The van der Waals surface area contributed by atoms with Gasteiger partial charge in [0.2, 0.25) is 0 Å². The number of hydrogen-bond acceptors (Lipinski definition) is 18. The van der Waals surface area contributed by atoms with Crippen LogP contribution in [0.1, 0.15) is 6.23 Å². The van der Waals surface area contributed by atoms with E-state index < -0.39 is 90.2 Å². The van der Waals surface area contributed by atoms with Crippen LogP contribution in [-0.2, 0) is 32.0 Å². The fraction of sp³-hybridized carbons (Fsp3) is 0.706. The van der Waals surface area contributed by atoms with E-state index in [1.807, 2.05) is 0 Å². The highest BCUT2D eigenvalue weighted by Gasteiger charge is 2.51. The van der Waals surface area contributed by atoms with Gasteiger partial charge < -0.3 is 60.7 Å². The highest BCUT2D eigenvalue weighted by Crippen LogP contribution is 2.61.